The number of rotatable bonds is 9. The Labute approximate surface area is 109 Å². The quantitative estimate of drug-likeness (QED) is 0.449. The van der Waals surface area contributed by atoms with Crippen molar-refractivity contribution in [3.8, 4) is 0 Å². The molecule has 0 aromatic rings. The van der Waals surface area contributed by atoms with Crippen LogP contribution in [0, 0.1) is 0 Å². The van der Waals surface area contributed by atoms with Crippen molar-refractivity contribution in [1.29, 1.82) is 0 Å². The van der Waals surface area contributed by atoms with Crippen LogP contribution in [0.2, 0.25) is 0 Å². The van der Waals surface area contributed by atoms with E-state index in [2.05, 4.69) is 4.74 Å². The van der Waals surface area contributed by atoms with Crippen LogP contribution >= 0.6 is 0 Å². The van der Waals surface area contributed by atoms with E-state index in [4.69, 9.17) is 10.2 Å². The summed E-state index contributed by atoms with van der Waals surface area (Å²) in [6, 6.07) is -1.77. The monoisotopic (exact) mass is 297 g/mol. The van der Waals surface area contributed by atoms with E-state index in [9.17, 15) is 22.8 Å². The SMILES string of the molecule is CCOC(=O)CCS(=O)(=O)N[C@@H](CC(=O)O)C(=O)O. The van der Waals surface area contributed by atoms with Gasteiger partial charge < -0.3 is 14.9 Å². The maximum absolute atomic E-state index is 11.5. The van der Waals surface area contributed by atoms with Crippen LogP contribution in [-0.4, -0.2) is 54.9 Å². The second-order valence-corrected chi connectivity index (χ2v) is 5.35. The van der Waals surface area contributed by atoms with Gasteiger partial charge in [0.25, 0.3) is 0 Å². The summed E-state index contributed by atoms with van der Waals surface area (Å²) in [6.45, 7) is 1.65. The van der Waals surface area contributed by atoms with Crippen LogP contribution in [-0.2, 0) is 29.1 Å². The van der Waals surface area contributed by atoms with Crippen LogP contribution < -0.4 is 4.72 Å². The maximum Gasteiger partial charge on any atom is 0.322 e. The fourth-order valence-electron chi connectivity index (χ4n) is 1.08. The van der Waals surface area contributed by atoms with E-state index in [1.807, 2.05) is 0 Å². The predicted molar refractivity (Wildman–Crippen MR) is 61.8 cm³/mol. The van der Waals surface area contributed by atoms with E-state index in [-0.39, 0.29) is 6.61 Å². The molecule has 0 rings (SSSR count). The molecule has 0 saturated carbocycles. The van der Waals surface area contributed by atoms with Crippen molar-refractivity contribution in [2.45, 2.75) is 25.8 Å². The van der Waals surface area contributed by atoms with E-state index < -0.39 is 52.6 Å². The second-order valence-electron chi connectivity index (χ2n) is 3.48. The Kier molecular flexibility index (Phi) is 7.01. The van der Waals surface area contributed by atoms with Crippen LogP contribution in [0.1, 0.15) is 19.8 Å². The standard InChI is InChI=1S/C9H15NO8S/c1-2-18-8(13)3-4-19(16,17)10-6(9(14)15)5-7(11)12/h6,10H,2-5H2,1H3,(H,11,12)(H,14,15)/t6-/m0/s1. The molecule has 19 heavy (non-hydrogen) atoms. The molecule has 110 valence electrons. The van der Waals surface area contributed by atoms with Gasteiger partial charge in [0, 0.05) is 0 Å². The Morgan fingerprint density at radius 2 is 1.84 bits per heavy atom. The molecule has 9 nitrogen and oxygen atoms in total. The van der Waals surface area contributed by atoms with Gasteiger partial charge in [-0.1, -0.05) is 0 Å². The van der Waals surface area contributed by atoms with Gasteiger partial charge in [0.15, 0.2) is 0 Å². The molecule has 0 aliphatic rings. The zero-order chi connectivity index (χ0) is 15.1. The Balaban J connectivity index is 4.51. The lowest BCUT2D eigenvalue weighted by atomic mass is 10.2. The van der Waals surface area contributed by atoms with E-state index in [0.717, 1.165) is 0 Å². The maximum atomic E-state index is 11.5. The Morgan fingerprint density at radius 3 is 2.26 bits per heavy atom. The highest BCUT2D eigenvalue weighted by Crippen LogP contribution is 1.99. The van der Waals surface area contributed by atoms with Crippen LogP contribution in [0.15, 0.2) is 0 Å². The molecule has 0 aromatic heterocycles. The van der Waals surface area contributed by atoms with Crippen molar-refractivity contribution in [3.63, 3.8) is 0 Å². The highest BCUT2D eigenvalue weighted by atomic mass is 32.2. The molecule has 0 fully saturated rings. The van der Waals surface area contributed by atoms with Gasteiger partial charge in [-0.25, -0.2) is 13.1 Å². The molecule has 0 aliphatic heterocycles. The molecule has 0 aliphatic carbocycles. The summed E-state index contributed by atoms with van der Waals surface area (Å²) in [7, 11) is -4.08. The van der Waals surface area contributed by atoms with Gasteiger partial charge in [0.1, 0.15) is 6.04 Å². The third-order valence-electron chi connectivity index (χ3n) is 1.88. The lowest BCUT2D eigenvalue weighted by Crippen LogP contribution is -2.43. The number of nitrogens with one attached hydrogen (secondary N) is 1. The normalized spacial score (nSPS) is 12.7. The molecular weight excluding hydrogens is 282 g/mol. The van der Waals surface area contributed by atoms with Crippen LogP contribution in [0.3, 0.4) is 0 Å². The van der Waals surface area contributed by atoms with E-state index in [1.54, 1.807) is 11.6 Å². The summed E-state index contributed by atoms with van der Waals surface area (Å²) in [5, 5.41) is 17.1. The molecule has 0 radical (unpaired) electrons. The summed E-state index contributed by atoms with van der Waals surface area (Å²) in [6.07, 6.45) is -1.34. The number of hydrogen-bond acceptors (Lipinski definition) is 6. The second kappa shape index (κ2) is 7.69. The molecule has 0 heterocycles. The number of ether oxygens (including phenoxy) is 1. The van der Waals surface area contributed by atoms with Gasteiger partial charge in [-0.3, -0.25) is 14.4 Å². The van der Waals surface area contributed by atoms with Gasteiger partial charge in [-0.2, -0.15) is 0 Å². The molecule has 1 atom stereocenters. The zero-order valence-corrected chi connectivity index (χ0v) is 11.0. The van der Waals surface area contributed by atoms with Gasteiger partial charge in [-0.15, -0.1) is 0 Å². The smallest absolute Gasteiger partial charge is 0.322 e. The predicted octanol–water partition coefficient (Wildman–Crippen LogP) is -1.21. The fourth-order valence-corrected chi connectivity index (χ4v) is 2.25. The van der Waals surface area contributed by atoms with Gasteiger partial charge in [-0.05, 0) is 6.92 Å². The minimum Gasteiger partial charge on any atom is -0.481 e. The van der Waals surface area contributed by atoms with Crippen molar-refractivity contribution >= 4 is 27.9 Å². The Hall–Kier alpha value is -1.68. The molecule has 0 unspecified atom stereocenters. The van der Waals surface area contributed by atoms with E-state index in [1.165, 1.54) is 0 Å². The third kappa shape index (κ3) is 8.11. The largest absolute Gasteiger partial charge is 0.481 e. The number of esters is 1. The number of sulfonamides is 1. The summed E-state index contributed by atoms with van der Waals surface area (Å²) < 4.78 is 29.1. The molecule has 0 saturated heterocycles. The number of carbonyl (C=O) groups is 3. The highest BCUT2D eigenvalue weighted by Gasteiger charge is 2.26. The summed E-state index contributed by atoms with van der Waals surface area (Å²) in [5.41, 5.74) is 0. The molecule has 0 bridgehead atoms. The summed E-state index contributed by atoms with van der Waals surface area (Å²) in [5.74, 6) is -4.48. The molecule has 10 heteroatoms. The number of carboxylic acids is 2. The Morgan fingerprint density at radius 1 is 1.26 bits per heavy atom. The van der Waals surface area contributed by atoms with Gasteiger partial charge >= 0.3 is 17.9 Å². The minimum absolute atomic E-state index is 0.100. The van der Waals surface area contributed by atoms with E-state index in [0.29, 0.717) is 0 Å². The molecule has 3 N–H and O–H groups in total. The molecule has 0 aromatic carbocycles. The van der Waals surface area contributed by atoms with Crippen molar-refractivity contribution < 1.29 is 37.8 Å². The highest BCUT2D eigenvalue weighted by molar-refractivity contribution is 7.89. The first kappa shape index (κ1) is 17.3. The fraction of sp³-hybridized carbons (Fsp3) is 0.667. The third-order valence-corrected chi connectivity index (χ3v) is 3.26. The average molecular weight is 297 g/mol. The first-order valence-electron chi connectivity index (χ1n) is 5.28. The number of carbonyl (C=O) groups excluding carboxylic acids is 1. The van der Waals surface area contributed by atoms with Crippen molar-refractivity contribution in [3.05, 3.63) is 0 Å². The summed E-state index contributed by atoms with van der Waals surface area (Å²) in [4.78, 5) is 32.0. The van der Waals surface area contributed by atoms with Crippen LogP contribution in [0.5, 0.6) is 0 Å². The van der Waals surface area contributed by atoms with Crippen molar-refractivity contribution in [1.82, 2.24) is 4.72 Å². The van der Waals surface area contributed by atoms with Gasteiger partial charge in [0.2, 0.25) is 10.0 Å². The van der Waals surface area contributed by atoms with E-state index >= 15 is 0 Å². The molecule has 0 spiro atoms. The first-order valence-corrected chi connectivity index (χ1v) is 6.93. The Bertz CT molecular complexity index is 443. The van der Waals surface area contributed by atoms with Crippen LogP contribution in [0.4, 0.5) is 0 Å². The number of carboxylic acid groups (broad SMARTS) is 2. The van der Waals surface area contributed by atoms with Gasteiger partial charge in [0.05, 0.1) is 25.2 Å². The van der Waals surface area contributed by atoms with Crippen molar-refractivity contribution in [2.24, 2.45) is 0 Å². The lowest BCUT2D eigenvalue weighted by molar-refractivity contribution is -0.145. The number of aliphatic carboxylic acids is 2. The lowest BCUT2D eigenvalue weighted by Gasteiger charge is -2.12. The summed E-state index contributed by atoms with van der Waals surface area (Å²) >= 11 is 0. The molecule has 0 amide bonds. The van der Waals surface area contributed by atoms with Crippen molar-refractivity contribution in [2.75, 3.05) is 12.4 Å². The molecular formula is C9H15NO8S. The topological polar surface area (TPSA) is 147 Å². The number of hydrogen-bond donors (Lipinski definition) is 3. The zero-order valence-electron chi connectivity index (χ0n) is 10.2. The average Bonchev–Trinajstić information content (AvgIpc) is 2.25. The minimum atomic E-state index is -4.08. The first-order chi connectivity index (χ1) is 8.68. The van der Waals surface area contributed by atoms with Crippen LogP contribution in [0.25, 0.3) is 0 Å².